The highest BCUT2D eigenvalue weighted by molar-refractivity contribution is 7.17. The number of H-pyrrole nitrogens is 1. The molecule has 0 saturated carbocycles. The lowest BCUT2D eigenvalue weighted by Crippen LogP contribution is -2.32. The van der Waals surface area contributed by atoms with Crippen LogP contribution < -0.4 is 10.9 Å². The second kappa shape index (κ2) is 6.75. The number of anilines is 1. The van der Waals surface area contributed by atoms with Gasteiger partial charge >= 0.3 is 6.03 Å². The predicted molar refractivity (Wildman–Crippen MR) is 92.1 cm³/mol. The molecule has 2 amide bonds. The van der Waals surface area contributed by atoms with E-state index in [1.807, 2.05) is 12.3 Å². The molecule has 24 heavy (non-hydrogen) atoms. The Morgan fingerprint density at radius 1 is 1.38 bits per heavy atom. The van der Waals surface area contributed by atoms with Gasteiger partial charge in [0.25, 0.3) is 5.56 Å². The number of nitrogens with zero attached hydrogens (tertiary/aromatic N) is 4. The third kappa shape index (κ3) is 3.40. The number of aromatic amines is 1. The number of carbonyl (C=O) groups excluding carboxylic acids is 1. The maximum absolute atomic E-state index is 12.2. The number of aromatic nitrogens is 4. The number of amides is 2. The van der Waals surface area contributed by atoms with Gasteiger partial charge in [0.05, 0.1) is 30.1 Å². The number of urea groups is 1. The Balaban J connectivity index is 1.69. The number of rotatable bonds is 4. The lowest BCUT2D eigenvalue weighted by Gasteiger charge is -2.17. The predicted octanol–water partition coefficient (Wildman–Crippen LogP) is 2.00. The van der Waals surface area contributed by atoms with Gasteiger partial charge in [0.1, 0.15) is 16.3 Å². The van der Waals surface area contributed by atoms with Crippen molar-refractivity contribution in [3.63, 3.8) is 0 Å². The second-order valence-corrected chi connectivity index (χ2v) is 6.09. The Hall–Kier alpha value is -2.81. The van der Waals surface area contributed by atoms with Crippen molar-refractivity contribution in [1.82, 2.24) is 24.8 Å². The van der Waals surface area contributed by atoms with Crippen LogP contribution in [0.15, 0.2) is 28.6 Å². The van der Waals surface area contributed by atoms with Crippen LogP contribution in [0.25, 0.3) is 10.2 Å². The molecular formula is C15H16N6O2S. The molecule has 0 aromatic carbocycles. The lowest BCUT2D eigenvalue weighted by atomic mass is 10.4. The van der Waals surface area contributed by atoms with E-state index in [1.54, 1.807) is 25.5 Å². The topological polar surface area (TPSA) is 104 Å². The van der Waals surface area contributed by atoms with Crippen molar-refractivity contribution in [2.45, 2.75) is 19.9 Å². The van der Waals surface area contributed by atoms with Gasteiger partial charge in [-0.25, -0.2) is 19.7 Å². The highest BCUT2D eigenvalue weighted by atomic mass is 32.1. The standard InChI is InChI=1S/C15H16N6O2S/c1-3-11-16-6-9(7-17-11)18-15(23)21(2)8-12-19-10-4-5-24-13(10)14(22)20-12/h4-7H,3,8H2,1-2H3,(H,18,23)(H,19,20,22). The molecule has 0 atom stereocenters. The molecular weight excluding hydrogens is 328 g/mol. The van der Waals surface area contributed by atoms with E-state index in [-0.39, 0.29) is 18.1 Å². The number of carbonyl (C=O) groups is 1. The molecule has 3 rings (SSSR count). The first-order valence-electron chi connectivity index (χ1n) is 7.36. The van der Waals surface area contributed by atoms with E-state index in [9.17, 15) is 9.59 Å². The summed E-state index contributed by atoms with van der Waals surface area (Å²) in [5.74, 6) is 1.15. The minimum Gasteiger partial charge on any atom is -0.320 e. The highest BCUT2D eigenvalue weighted by Crippen LogP contribution is 2.14. The fraction of sp³-hybridized carbons (Fsp3) is 0.267. The van der Waals surface area contributed by atoms with Crippen molar-refractivity contribution in [3.8, 4) is 0 Å². The van der Waals surface area contributed by atoms with E-state index in [4.69, 9.17) is 0 Å². The van der Waals surface area contributed by atoms with Crippen LogP contribution in [0.3, 0.4) is 0 Å². The van der Waals surface area contributed by atoms with Crippen LogP contribution in [0.1, 0.15) is 18.6 Å². The van der Waals surface area contributed by atoms with Crippen molar-refractivity contribution >= 4 is 33.3 Å². The van der Waals surface area contributed by atoms with Crippen LogP contribution in [0.5, 0.6) is 0 Å². The summed E-state index contributed by atoms with van der Waals surface area (Å²) in [6.45, 7) is 2.14. The molecule has 9 heteroatoms. The van der Waals surface area contributed by atoms with Gasteiger partial charge in [-0.15, -0.1) is 11.3 Å². The molecule has 0 bridgehead atoms. The summed E-state index contributed by atoms with van der Waals surface area (Å²) in [4.78, 5) is 40.9. The van der Waals surface area contributed by atoms with Crippen molar-refractivity contribution in [2.24, 2.45) is 0 Å². The molecule has 0 unspecified atom stereocenters. The van der Waals surface area contributed by atoms with Gasteiger partial charge in [-0.05, 0) is 11.4 Å². The van der Waals surface area contributed by atoms with E-state index in [1.165, 1.54) is 16.2 Å². The first-order chi connectivity index (χ1) is 11.6. The Bertz CT molecular complexity index is 918. The minimum atomic E-state index is -0.337. The number of nitrogens with one attached hydrogen (secondary N) is 2. The second-order valence-electron chi connectivity index (χ2n) is 5.18. The molecule has 0 fully saturated rings. The Kier molecular flexibility index (Phi) is 4.52. The third-order valence-electron chi connectivity index (χ3n) is 3.37. The summed E-state index contributed by atoms with van der Waals surface area (Å²) in [7, 11) is 1.62. The molecule has 0 radical (unpaired) electrons. The molecule has 8 nitrogen and oxygen atoms in total. The van der Waals surface area contributed by atoms with Crippen LogP contribution in [0, 0.1) is 0 Å². The maximum Gasteiger partial charge on any atom is 0.322 e. The number of fused-ring (bicyclic) bond motifs is 1. The normalized spacial score (nSPS) is 10.8. The van der Waals surface area contributed by atoms with Gasteiger partial charge in [-0.3, -0.25) is 4.79 Å². The monoisotopic (exact) mass is 344 g/mol. The summed E-state index contributed by atoms with van der Waals surface area (Å²) in [5, 5.41) is 4.52. The summed E-state index contributed by atoms with van der Waals surface area (Å²) in [5.41, 5.74) is 0.956. The molecule has 0 saturated heterocycles. The molecule has 0 aliphatic heterocycles. The third-order valence-corrected chi connectivity index (χ3v) is 4.27. The average Bonchev–Trinajstić information content (AvgIpc) is 3.04. The van der Waals surface area contributed by atoms with Crippen LogP contribution in [0.2, 0.25) is 0 Å². The highest BCUT2D eigenvalue weighted by Gasteiger charge is 2.13. The zero-order chi connectivity index (χ0) is 17.1. The molecule has 0 aliphatic carbocycles. The quantitative estimate of drug-likeness (QED) is 0.753. The average molecular weight is 344 g/mol. The maximum atomic E-state index is 12.2. The van der Waals surface area contributed by atoms with E-state index in [0.29, 0.717) is 27.6 Å². The first kappa shape index (κ1) is 16.1. The molecule has 2 N–H and O–H groups in total. The van der Waals surface area contributed by atoms with Gasteiger partial charge in [-0.2, -0.15) is 0 Å². The molecule has 124 valence electrons. The number of hydrogen-bond donors (Lipinski definition) is 2. The first-order valence-corrected chi connectivity index (χ1v) is 8.24. The smallest absolute Gasteiger partial charge is 0.320 e. The summed E-state index contributed by atoms with van der Waals surface area (Å²) in [6, 6.07) is 1.45. The van der Waals surface area contributed by atoms with E-state index < -0.39 is 0 Å². The number of thiophene rings is 1. The summed E-state index contributed by atoms with van der Waals surface area (Å²) in [6.07, 6.45) is 3.86. The van der Waals surface area contributed by atoms with Gasteiger partial charge in [0.15, 0.2) is 0 Å². The minimum absolute atomic E-state index is 0.181. The summed E-state index contributed by atoms with van der Waals surface area (Å²) < 4.78 is 0.582. The molecule has 0 spiro atoms. The Morgan fingerprint density at radius 2 is 2.12 bits per heavy atom. The van der Waals surface area contributed by atoms with Gasteiger partial charge in [-0.1, -0.05) is 6.92 Å². The van der Waals surface area contributed by atoms with Gasteiger partial charge in [0, 0.05) is 13.5 Å². The fourth-order valence-corrected chi connectivity index (χ4v) is 2.84. The van der Waals surface area contributed by atoms with Crippen LogP contribution in [-0.4, -0.2) is 37.9 Å². The van der Waals surface area contributed by atoms with Crippen molar-refractivity contribution in [1.29, 1.82) is 0 Å². The van der Waals surface area contributed by atoms with Crippen molar-refractivity contribution < 1.29 is 4.79 Å². The molecule has 0 aliphatic rings. The SMILES string of the molecule is CCc1ncc(NC(=O)N(C)Cc2nc3ccsc3c(=O)[nH]2)cn1. The van der Waals surface area contributed by atoms with Gasteiger partial charge in [0.2, 0.25) is 0 Å². The molecule has 3 heterocycles. The number of aryl methyl sites for hydroxylation is 1. The van der Waals surface area contributed by atoms with Crippen molar-refractivity contribution in [2.75, 3.05) is 12.4 Å². The fourth-order valence-electron chi connectivity index (χ4n) is 2.11. The Morgan fingerprint density at radius 3 is 2.83 bits per heavy atom. The molecule has 3 aromatic heterocycles. The van der Waals surface area contributed by atoms with E-state index in [2.05, 4.69) is 25.3 Å². The largest absolute Gasteiger partial charge is 0.322 e. The van der Waals surface area contributed by atoms with Crippen molar-refractivity contribution in [3.05, 3.63) is 45.8 Å². The zero-order valence-electron chi connectivity index (χ0n) is 13.2. The van der Waals surface area contributed by atoms with Crippen LogP contribution in [0.4, 0.5) is 10.5 Å². The van der Waals surface area contributed by atoms with Crippen LogP contribution >= 0.6 is 11.3 Å². The lowest BCUT2D eigenvalue weighted by molar-refractivity contribution is 0.219. The summed E-state index contributed by atoms with van der Waals surface area (Å²) >= 11 is 1.34. The van der Waals surface area contributed by atoms with Gasteiger partial charge < -0.3 is 15.2 Å². The van der Waals surface area contributed by atoms with Crippen LogP contribution in [-0.2, 0) is 13.0 Å². The van der Waals surface area contributed by atoms with E-state index in [0.717, 1.165) is 6.42 Å². The van der Waals surface area contributed by atoms with E-state index >= 15 is 0 Å². The zero-order valence-corrected chi connectivity index (χ0v) is 14.1. The molecule has 3 aromatic rings. The number of hydrogen-bond acceptors (Lipinski definition) is 6. The Labute approximate surface area is 141 Å².